The van der Waals surface area contributed by atoms with Crippen molar-refractivity contribution in [1.29, 1.82) is 0 Å². The van der Waals surface area contributed by atoms with E-state index >= 15 is 0 Å². The van der Waals surface area contributed by atoms with E-state index in [0.29, 0.717) is 33.8 Å². The van der Waals surface area contributed by atoms with Gasteiger partial charge in [0.15, 0.2) is 5.58 Å². The number of nitrogens with zero attached hydrogens (tertiary/aromatic N) is 2. The molecule has 0 spiro atoms. The molecule has 4 rings (SSSR count). The molecule has 3 aromatic rings. The Kier molecular flexibility index (Phi) is 5.76. The molecule has 1 aliphatic rings. The topological polar surface area (TPSA) is 131 Å². The Morgan fingerprint density at radius 2 is 1.91 bits per heavy atom. The Labute approximate surface area is 197 Å². The maximum Gasteiger partial charge on any atom is 0.328 e. The molecule has 0 atom stereocenters. The number of benzene rings is 2. The lowest BCUT2D eigenvalue weighted by Crippen LogP contribution is -2.49. The lowest BCUT2D eigenvalue weighted by atomic mass is 9.84. The van der Waals surface area contributed by atoms with Gasteiger partial charge in [-0.3, -0.25) is 19.7 Å². The molecule has 1 aromatic heterocycles. The Balaban J connectivity index is 1.88. The predicted molar refractivity (Wildman–Crippen MR) is 129 cm³/mol. The molecular formula is C23H26N4O6S. The van der Waals surface area contributed by atoms with Gasteiger partial charge in [0.25, 0.3) is 0 Å². The van der Waals surface area contributed by atoms with E-state index in [9.17, 15) is 18.0 Å². The first kappa shape index (κ1) is 23.6. The van der Waals surface area contributed by atoms with Crippen molar-refractivity contribution in [3.63, 3.8) is 0 Å². The number of hydrogen-bond donors (Lipinski definition) is 2. The highest BCUT2D eigenvalue weighted by atomic mass is 32.2. The number of carbonyl (C=O) groups is 2. The van der Waals surface area contributed by atoms with Gasteiger partial charge < -0.3 is 9.15 Å². The molecule has 2 aromatic carbocycles. The molecule has 180 valence electrons. The molecule has 1 fully saturated rings. The summed E-state index contributed by atoms with van der Waals surface area (Å²) in [5, 5.41) is 2.34. The van der Waals surface area contributed by atoms with Crippen molar-refractivity contribution in [2.75, 3.05) is 29.5 Å². The van der Waals surface area contributed by atoms with Crippen LogP contribution in [0.1, 0.15) is 32.8 Å². The summed E-state index contributed by atoms with van der Waals surface area (Å²) in [4.78, 5) is 30.2. The van der Waals surface area contributed by atoms with Crippen molar-refractivity contribution < 1.29 is 27.2 Å². The van der Waals surface area contributed by atoms with E-state index < -0.39 is 16.1 Å². The van der Waals surface area contributed by atoms with Gasteiger partial charge in [0.1, 0.15) is 11.3 Å². The van der Waals surface area contributed by atoms with Crippen LogP contribution >= 0.6 is 0 Å². The third-order valence-corrected chi connectivity index (χ3v) is 5.98. The number of sulfonamides is 1. The second kappa shape index (κ2) is 8.32. The molecular weight excluding hydrogens is 460 g/mol. The van der Waals surface area contributed by atoms with Gasteiger partial charge in [-0.25, -0.2) is 18.2 Å². The molecule has 0 radical (unpaired) electrons. The van der Waals surface area contributed by atoms with Gasteiger partial charge in [0, 0.05) is 24.2 Å². The van der Waals surface area contributed by atoms with Gasteiger partial charge in [-0.1, -0.05) is 20.8 Å². The molecule has 0 unspecified atom stereocenters. The van der Waals surface area contributed by atoms with Crippen LogP contribution in [0, 0.1) is 0 Å². The number of hydrogen-bond acceptors (Lipinski definition) is 7. The van der Waals surface area contributed by atoms with Gasteiger partial charge in [-0.2, -0.15) is 0 Å². The zero-order chi connectivity index (χ0) is 24.8. The summed E-state index contributed by atoms with van der Waals surface area (Å²) >= 11 is 0. The maximum absolute atomic E-state index is 12.5. The number of nitrogens with one attached hydrogen (secondary N) is 2. The van der Waals surface area contributed by atoms with Gasteiger partial charge in [-0.05, 0) is 35.7 Å². The Morgan fingerprint density at radius 3 is 2.53 bits per heavy atom. The predicted octanol–water partition coefficient (Wildman–Crippen LogP) is 3.62. The quantitative estimate of drug-likeness (QED) is 0.563. The first-order valence-corrected chi connectivity index (χ1v) is 12.5. The van der Waals surface area contributed by atoms with Crippen LogP contribution in [0.3, 0.4) is 0 Å². The van der Waals surface area contributed by atoms with Crippen LogP contribution in [0.5, 0.6) is 5.75 Å². The van der Waals surface area contributed by atoms with Crippen molar-refractivity contribution in [1.82, 2.24) is 10.3 Å². The highest BCUT2D eigenvalue weighted by molar-refractivity contribution is 7.92. The molecule has 0 aliphatic carbocycles. The monoisotopic (exact) mass is 486 g/mol. The normalized spacial score (nSPS) is 14.9. The van der Waals surface area contributed by atoms with Crippen LogP contribution in [-0.2, 0) is 20.2 Å². The second-order valence-electron chi connectivity index (χ2n) is 9.15. The van der Waals surface area contributed by atoms with Crippen LogP contribution in [0.2, 0.25) is 0 Å². The minimum absolute atomic E-state index is 0.191. The molecule has 11 heteroatoms. The fourth-order valence-corrected chi connectivity index (χ4v) is 4.39. The summed E-state index contributed by atoms with van der Waals surface area (Å²) in [6.45, 7) is 6.31. The molecule has 0 saturated carbocycles. The number of imide groups is 1. The van der Waals surface area contributed by atoms with Crippen LogP contribution < -0.4 is 19.7 Å². The number of urea groups is 1. The maximum atomic E-state index is 12.5. The standard InChI is InChI=1S/C23H26N4O6S/c1-23(2,3)16-12-14(27-9-8-19(28)25-22(27)29)11-15(20(16)32-4)21-24-17-10-13(26-34(5,30)31)6-7-18(17)33-21/h6-7,10-12,26H,8-9H2,1-5H3,(H,25,28,29). The molecule has 0 bridgehead atoms. The number of rotatable bonds is 5. The lowest BCUT2D eigenvalue weighted by molar-refractivity contribution is -0.120. The average molecular weight is 487 g/mol. The highest BCUT2D eigenvalue weighted by Crippen LogP contribution is 2.43. The number of amides is 3. The summed E-state index contributed by atoms with van der Waals surface area (Å²) in [7, 11) is -1.89. The van der Waals surface area contributed by atoms with E-state index in [-0.39, 0.29) is 30.2 Å². The summed E-state index contributed by atoms with van der Waals surface area (Å²) in [6.07, 6.45) is 1.26. The molecule has 34 heavy (non-hydrogen) atoms. The molecule has 2 N–H and O–H groups in total. The summed E-state index contributed by atoms with van der Waals surface area (Å²) in [5.41, 5.74) is 2.86. The number of aromatic nitrogens is 1. The Hall–Kier alpha value is -3.60. The minimum Gasteiger partial charge on any atom is -0.496 e. The smallest absolute Gasteiger partial charge is 0.328 e. The number of fused-ring (bicyclic) bond motifs is 1. The first-order chi connectivity index (χ1) is 15.9. The number of anilines is 2. The number of methoxy groups -OCH3 is 1. The SMILES string of the molecule is COc1c(-c2nc3cc(NS(C)(=O)=O)ccc3o2)cc(N2CCC(=O)NC2=O)cc1C(C)(C)C. The van der Waals surface area contributed by atoms with Gasteiger partial charge in [-0.15, -0.1) is 0 Å². The Morgan fingerprint density at radius 1 is 1.18 bits per heavy atom. The fraction of sp³-hybridized carbons (Fsp3) is 0.348. The van der Waals surface area contributed by atoms with Crippen LogP contribution in [0.15, 0.2) is 34.7 Å². The number of oxazole rings is 1. The van der Waals surface area contributed by atoms with E-state index in [4.69, 9.17) is 9.15 Å². The zero-order valence-electron chi connectivity index (χ0n) is 19.6. The van der Waals surface area contributed by atoms with Crippen molar-refractivity contribution in [2.24, 2.45) is 0 Å². The van der Waals surface area contributed by atoms with Crippen molar-refractivity contribution in [2.45, 2.75) is 32.6 Å². The van der Waals surface area contributed by atoms with E-state index in [1.54, 1.807) is 31.4 Å². The molecule has 1 aliphatic heterocycles. The average Bonchev–Trinajstić information content (AvgIpc) is 3.14. The second-order valence-corrected chi connectivity index (χ2v) is 10.9. The van der Waals surface area contributed by atoms with E-state index in [0.717, 1.165) is 11.8 Å². The summed E-state index contributed by atoms with van der Waals surface area (Å²) in [6, 6.07) is 7.90. The van der Waals surface area contributed by atoms with Crippen molar-refractivity contribution in [3.8, 4) is 17.2 Å². The summed E-state index contributed by atoms with van der Waals surface area (Å²) in [5.74, 6) is 0.485. The highest BCUT2D eigenvalue weighted by Gasteiger charge is 2.30. The van der Waals surface area contributed by atoms with Gasteiger partial charge in [0.05, 0.1) is 24.6 Å². The largest absolute Gasteiger partial charge is 0.496 e. The first-order valence-electron chi connectivity index (χ1n) is 10.6. The molecule has 2 heterocycles. The van der Waals surface area contributed by atoms with Crippen molar-refractivity contribution >= 4 is 44.4 Å². The van der Waals surface area contributed by atoms with E-state index in [1.165, 1.54) is 4.90 Å². The molecule has 10 nitrogen and oxygen atoms in total. The van der Waals surface area contributed by atoms with Gasteiger partial charge >= 0.3 is 6.03 Å². The third kappa shape index (κ3) is 4.69. The van der Waals surface area contributed by atoms with E-state index in [2.05, 4.69) is 15.0 Å². The number of ether oxygens (including phenoxy) is 1. The zero-order valence-corrected chi connectivity index (χ0v) is 20.4. The molecule has 3 amide bonds. The lowest BCUT2D eigenvalue weighted by Gasteiger charge is -2.30. The van der Waals surface area contributed by atoms with Crippen LogP contribution in [-0.4, -0.2) is 45.3 Å². The van der Waals surface area contributed by atoms with Crippen LogP contribution in [0.25, 0.3) is 22.6 Å². The van der Waals surface area contributed by atoms with Crippen molar-refractivity contribution in [3.05, 3.63) is 35.9 Å². The van der Waals surface area contributed by atoms with Gasteiger partial charge in [0.2, 0.25) is 21.8 Å². The Bertz CT molecular complexity index is 1400. The molecule has 1 saturated heterocycles. The minimum atomic E-state index is -3.45. The fourth-order valence-electron chi connectivity index (χ4n) is 3.84. The number of carbonyl (C=O) groups excluding carboxylic acids is 2. The third-order valence-electron chi connectivity index (χ3n) is 5.37. The van der Waals surface area contributed by atoms with E-state index in [1.807, 2.05) is 26.8 Å². The van der Waals surface area contributed by atoms with Crippen LogP contribution in [0.4, 0.5) is 16.2 Å². The summed E-state index contributed by atoms with van der Waals surface area (Å²) < 4.78 is 37.3.